The highest BCUT2D eigenvalue weighted by Gasteiger charge is 2.60. The number of nitrogens with one attached hydrogen (secondary N) is 1. The number of esters is 1. The minimum atomic E-state index is -0.549. The number of rotatable bonds is 6. The first kappa shape index (κ1) is 21.4. The number of para-hydroxylation sites is 1. The van der Waals surface area contributed by atoms with Crippen LogP contribution < -0.4 is 5.32 Å². The van der Waals surface area contributed by atoms with Crippen LogP contribution in [0.25, 0.3) is 0 Å². The summed E-state index contributed by atoms with van der Waals surface area (Å²) in [5, 5.41) is 3.08. The molecule has 2 atom stereocenters. The number of anilines is 1. The lowest BCUT2D eigenvalue weighted by Crippen LogP contribution is -2.56. The summed E-state index contributed by atoms with van der Waals surface area (Å²) in [7, 11) is 1.50. The second kappa shape index (κ2) is 8.04. The monoisotopic (exact) mass is 452 g/mol. The number of benzene rings is 1. The molecule has 1 aromatic carbocycles. The van der Waals surface area contributed by atoms with Crippen LogP contribution >= 0.6 is 23.2 Å². The van der Waals surface area contributed by atoms with Gasteiger partial charge in [-0.25, -0.2) is 0 Å². The summed E-state index contributed by atoms with van der Waals surface area (Å²) in [5.74, 6) is -0.173. The second-order valence-corrected chi connectivity index (χ2v) is 10.5. The third-order valence-corrected chi connectivity index (χ3v) is 7.48. The fraction of sp³-hybridized carbons (Fsp3) is 0.591. The topological polar surface area (TPSA) is 75.7 Å². The summed E-state index contributed by atoms with van der Waals surface area (Å²) in [6.07, 6.45) is 5.34. The molecule has 0 aliphatic heterocycles. The second-order valence-electron chi connectivity index (χ2n) is 9.25. The number of carbonyl (C=O) groups excluding carboxylic acids is 3. The molecule has 0 heterocycles. The number of nitrogens with zero attached hydrogens (tertiary/aromatic N) is 1. The standard InChI is InChI=1S/C22H26Cl2N2O4/c1-26(11-18(27)25-17-5-3-2-4-16(17)23)19(28)12-30-20(29)21-7-14-6-15(8-21)10-22(24,9-14)13-21/h2-5,14-15H,6-13H2,1H3,(H,25,27). The van der Waals surface area contributed by atoms with E-state index in [1.165, 1.54) is 11.9 Å². The zero-order valence-corrected chi connectivity index (χ0v) is 18.5. The average molecular weight is 453 g/mol. The molecule has 2 unspecified atom stereocenters. The highest BCUT2D eigenvalue weighted by atomic mass is 35.5. The van der Waals surface area contributed by atoms with Gasteiger partial charge >= 0.3 is 5.97 Å². The fourth-order valence-corrected chi connectivity index (χ4v) is 6.71. The molecule has 1 N–H and O–H groups in total. The molecule has 4 bridgehead atoms. The Morgan fingerprint density at radius 2 is 1.83 bits per heavy atom. The van der Waals surface area contributed by atoms with Gasteiger partial charge in [0.2, 0.25) is 5.91 Å². The SMILES string of the molecule is CN(CC(=O)Nc1ccccc1Cl)C(=O)COC(=O)C12CC3CC(CC(Cl)(C3)C1)C2. The number of hydrogen-bond donors (Lipinski definition) is 1. The number of amides is 2. The molecule has 0 radical (unpaired) electrons. The quantitative estimate of drug-likeness (QED) is 0.525. The largest absolute Gasteiger partial charge is 0.455 e. The summed E-state index contributed by atoms with van der Waals surface area (Å²) in [5.41, 5.74) is -0.0696. The summed E-state index contributed by atoms with van der Waals surface area (Å²) in [6, 6.07) is 6.86. The van der Waals surface area contributed by atoms with Gasteiger partial charge < -0.3 is 15.0 Å². The number of likely N-dealkylation sites (N-methyl/N-ethyl adjacent to an activating group) is 1. The van der Waals surface area contributed by atoms with Crippen molar-refractivity contribution in [3.05, 3.63) is 29.3 Å². The van der Waals surface area contributed by atoms with Crippen LogP contribution in [0.2, 0.25) is 5.02 Å². The predicted octanol–water partition coefficient (Wildman–Crippen LogP) is 3.86. The fourth-order valence-electron chi connectivity index (χ4n) is 5.84. The van der Waals surface area contributed by atoms with Crippen molar-refractivity contribution in [3.63, 3.8) is 0 Å². The van der Waals surface area contributed by atoms with E-state index in [0.29, 0.717) is 29.0 Å². The molecule has 6 nitrogen and oxygen atoms in total. The normalized spacial score (nSPS) is 31.3. The van der Waals surface area contributed by atoms with E-state index in [0.717, 1.165) is 32.1 Å². The van der Waals surface area contributed by atoms with Gasteiger partial charge in [0.15, 0.2) is 6.61 Å². The minimum Gasteiger partial charge on any atom is -0.455 e. The molecule has 4 saturated carbocycles. The van der Waals surface area contributed by atoms with Gasteiger partial charge in [-0.05, 0) is 62.5 Å². The maximum atomic E-state index is 12.9. The zero-order valence-electron chi connectivity index (χ0n) is 17.0. The van der Waals surface area contributed by atoms with Crippen LogP contribution in [0.4, 0.5) is 5.69 Å². The first-order valence-corrected chi connectivity index (χ1v) is 11.1. The number of ether oxygens (including phenoxy) is 1. The van der Waals surface area contributed by atoms with Gasteiger partial charge in [0.05, 0.1) is 22.7 Å². The molecule has 4 aliphatic rings. The maximum absolute atomic E-state index is 12.9. The van der Waals surface area contributed by atoms with Crippen LogP contribution in [0.3, 0.4) is 0 Å². The van der Waals surface area contributed by atoms with Crippen molar-refractivity contribution < 1.29 is 19.1 Å². The van der Waals surface area contributed by atoms with Crippen molar-refractivity contribution in [1.29, 1.82) is 0 Å². The van der Waals surface area contributed by atoms with Crippen molar-refractivity contribution in [3.8, 4) is 0 Å². The van der Waals surface area contributed by atoms with E-state index in [9.17, 15) is 14.4 Å². The first-order valence-electron chi connectivity index (χ1n) is 10.3. The van der Waals surface area contributed by atoms with Gasteiger partial charge in [-0.1, -0.05) is 23.7 Å². The van der Waals surface area contributed by atoms with Crippen molar-refractivity contribution in [2.24, 2.45) is 17.3 Å². The third kappa shape index (κ3) is 4.30. The predicted molar refractivity (Wildman–Crippen MR) is 114 cm³/mol. The molecule has 30 heavy (non-hydrogen) atoms. The number of alkyl halides is 1. The Morgan fingerprint density at radius 1 is 1.17 bits per heavy atom. The van der Waals surface area contributed by atoms with E-state index in [1.54, 1.807) is 24.3 Å². The summed E-state index contributed by atoms with van der Waals surface area (Å²) >= 11 is 12.8. The smallest absolute Gasteiger partial charge is 0.312 e. The van der Waals surface area contributed by atoms with Crippen molar-refractivity contribution in [1.82, 2.24) is 4.90 Å². The van der Waals surface area contributed by atoms with E-state index in [4.69, 9.17) is 27.9 Å². The van der Waals surface area contributed by atoms with E-state index in [1.807, 2.05) is 0 Å². The van der Waals surface area contributed by atoms with Crippen LogP contribution in [-0.2, 0) is 19.1 Å². The molecule has 2 amide bonds. The molecule has 0 saturated heterocycles. The van der Waals surface area contributed by atoms with Crippen molar-refractivity contribution in [2.75, 3.05) is 25.5 Å². The Morgan fingerprint density at radius 3 is 2.47 bits per heavy atom. The van der Waals surface area contributed by atoms with Crippen LogP contribution in [0, 0.1) is 17.3 Å². The van der Waals surface area contributed by atoms with E-state index in [2.05, 4.69) is 5.32 Å². The highest BCUT2D eigenvalue weighted by Crippen LogP contribution is 2.64. The Kier molecular flexibility index (Phi) is 5.75. The Hall–Kier alpha value is -1.79. The number of halogens is 2. The Labute approximate surface area is 186 Å². The van der Waals surface area contributed by atoms with Crippen LogP contribution in [0.5, 0.6) is 0 Å². The molecule has 1 aromatic rings. The van der Waals surface area contributed by atoms with E-state index in [-0.39, 0.29) is 29.9 Å². The van der Waals surface area contributed by atoms with E-state index >= 15 is 0 Å². The van der Waals surface area contributed by atoms with Crippen molar-refractivity contribution >= 4 is 46.7 Å². The van der Waals surface area contributed by atoms with Gasteiger partial charge in [0.25, 0.3) is 5.91 Å². The molecule has 4 aliphatic carbocycles. The van der Waals surface area contributed by atoms with Gasteiger partial charge in [-0.3, -0.25) is 14.4 Å². The van der Waals surface area contributed by atoms with Crippen LogP contribution in [0.1, 0.15) is 38.5 Å². The van der Waals surface area contributed by atoms with Gasteiger partial charge in [-0.2, -0.15) is 0 Å². The lowest BCUT2D eigenvalue weighted by atomic mass is 9.49. The molecule has 0 aromatic heterocycles. The minimum absolute atomic E-state index is 0.165. The van der Waals surface area contributed by atoms with Gasteiger partial charge in [-0.15, -0.1) is 11.6 Å². The lowest BCUT2D eigenvalue weighted by Gasteiger charge is -2.58. The summed E-state index contributed by atoms with van der Waals surface area (Å²) in [6.45, 7) is -0.539. The van der Waals surface area contributed by atoms with E-state index < -0.39 is 11.3 Å². The molecule has 162 valence electrons. The highest BCUT2D eigenvalue weighted by molar-refractivity contribution is 6.33. The molecule has 5 rings (SSSR count). The lowest BCUT2D eigenvalue weighted by molar-refractivity contribution is -0.173. The molecular weight excluding hydrogens is 427 g/mol. The molecule has 4 fully saturated rings. The Bertz CT molecular complexity index is 860. The molecule has 8 heteroatoms. The van der Waals surface area contributed by atoms with Crippen molar-refractivity contribution in [2.45, 2.75) is 43.4 Å². The molecule has 0 spiro atoms. The maximum Gasteiger partial charge on any atom is 0.312 e. The van der Waals surface area contributed by atoms with Gasteiger partial charge in [0.1, 0.15) is 0 Å². The first-order chi connectivity index (χ1) is 14.2. The number of hydrogen-bond acceptors (Lipinski definition) is 4. The Balaban J connectivity index is 1.28. The third-order valence-electron chi connectivity index (χ3n) is 6.70. The average Bonchev–Trinajstić information content (AvgIpc) is 2.65. The van der Waals surface area contributed by atoms with Gasteiger partial charge in [0, 0.05) is 11.9 Å². The van der Waals surface area contributed by atoms with Crippen LogP contribution in [0.15, 0.2) is 24.3 Å². The molecular formula is C22H26Cl2N2O4. The number of carbonyl (C=O) groups is 3. The summed E-state index contributed by atoms with van der Waals surface area (Å²) < 4.78 is 5.43. The zero-order chi connectivity index (χ0) is 21.5. The summed E-state index contributed by atoms with van der Waals surface area (Å²) in [4.78, 5) is 38.5. The van der Waals surface area contributed by atoms with Crippen LogP contribution in [-0.4, -0.2) is 47.8 Å².